The molecular formula is C15H10Cl3FN2. The molecule has 0 aliphatic carbocycles. The number of benzene rings is 2. The number of hydrogen-bond acceptors (Lipinski definition) is 1. The molecule has 2 nitrogen and oxygen atoms in total. The fraction of sp³-hybridized carbons (Fsp3) is 0.133. The normalized spacial score (nSPS) is 12.8. The number of aromatic nitrogens is 2. The first-order valence-electron chi connectivity index (χ1n) is 6.25. The number of halogens is 4. The SMILES string of the molecule is CC(Cl)c1nc2cc(Cl)ccc2n1-c1ccc(Cl)cc1F. The zero-order chi connectivity index (χ0) is 15.1. The van der Waals surface area contributed by atoms with Gasteiger partial charge in [0.15, 0.2) is 0 Å². The zero-order valence-corrected chi connectivity index (χ0v) is 13.2. The number of alkyl halides is 1. The van der Waals surface area contributed by atoms with Gasteiger partial charge in [0.1, 0.15) is 11.6 Å². The molecule has 1 unspecified atom stereocenters. The van der Waals surface area contributed by atoms with Gasteiger partial charge in [0, 0.05) is 10.0 Å². The summed E-state index contributed by atoms with van der Waals surface area (Å²) in [5.41, 5.74) is 1.76. The Morgan fingerprint density at radius 3 is 2.43 bits per heavy atom. The van der Waals surface area contributed by atoms with E-state index in [0.717, 1.165) is 5.52 Å². The lowest BCUT2D eigenvalue weighted by Crippen LogP contribution is -2.04. The highest BCUT2D eigenvalue weighted by Gasteiger charge is 2.18. The molecule has 108 valence electrons. The average molecular weight is 344 g/mol. The van der Waals surface area contributed by atoms with Crippen LogP contribution in [0.1, 0.15) is 18.1 Å². The van der Waals surface area contributed by atoms with Crippen molar-refractivity contribution in [2.24, 2.45) is 0 Å². The van der Waals surface area contributed by atoms with E-state index in [1.807, 2.05) is 0 Å². The summed E-state index contributed by atoms with van der Waals surface area (Å²) in [4.78, 5) is 4.46. The number of rotatable bonds is 2. The van der Waals surface area contributed by atoms with Crippen molar-refractivity contribution in [1.82, 2.24) is 9.55 Å². The molecule has 0 saturated carbocycles. The van der Waals surface area contributed by atoms with Gasteiger partial charge in [-0.25, -0.2) is 9.37 Å². The molecule has 1 aromatic heterocycles. The minimum Gasteiger partial charge on any atom is -0.292 e. The maximum Gasteiger partial charge on any atom is 0.148 e. The van der Waals surface area contributed by atoms with E-state index in [4.69, 9.17) is 34.8 Å². The van der Waals surface area contributed by atoms with Gasteiger partial charge in [-0.2, -0.15) is 0 Å². The van der Waals surface area contributed by atoms with Crippen molar-refractivity contribution >= 4 is 45.8 Å². The Kier molecular flexibility index (Phi) is 3.82. The van der Waals surface area contributed by atoms with E-state index >= 15 is 0 Å². The molecule has 3 aromatic rings. The Balaban J connectivity index is 2.36. The van der Waals surface area contributed by atoms with Gasteiger partial charge >= 0.3 is 0 Å². The molecule has 0 fully saturated rings. The first-order valence-corrected chi connectivity index (χ1v) is 7.44. The number of nitrogens with zero attached hydrogens (tertiary/aromatic N) is 2. The second-order valence-electron chi connectivity index (χ2n) is 4.65. The van der Waals surface area contributed by atoms with Gasteiger partial charge in [-0.05, 0) is 43.3 Å². The van der Waals surface area contributed by atoms with Crippen LogP contribution in [-0.4, -0.2) is 9.55 Å². The van der Waals surface area contributed by atoms with Crippen molar-refractivity contribution < 1.29 is 4.39 Å². The van der Waals surface area contributed by atoms with Crippen LogP contribution in [0.3, 0.4) is 0 Å². The van der Waals surface area contributed by atoms with E-state index in [1.54, 1.807) is 41.8 Å². The molecule has 0 aliphatic heterocycles. The van der Waals surface area contributed by atoms with Gasteiger partial charge in [-0.1, -0.05) is 23.2 Å². The molecule has 0 amide bonds. The zero-order valence-electron chi connectivity index (χ0n) is 10.9. The molecule has 0 bridgehead atoms. The third-order valence-electron chi connectivity index (χ3n) is 3.15. The van der Waals surface area contributed by atoms with E-state index in [9.17, 15) is 4.39 Å². The summed E-state index contributed by atoms with van der Waals surface area (Å²) in [7, 11) is 0. The number of fused-ring (bicyclic) bond motifs is 1. The van der Waals surface area contributed by atoms with Gasteiger partial charge in [0.05, 0.1) is 22.1 Å². The third kappa shape index (κ3) is 2.61. The van der Waals surface area contributed by atoms with Crippen LogP contribution in [0.2, 0.25) is 10.0 Å². The van der Waals surface area contributed by atoms with Crippen molar-refractivity contribution in [1.29, 1.82) is 0 Å². The topological polar surface area (TPSA) is 17.8 Å². The van der Waals surface area contributed by atoms with Crippen molar-refractivity contribution in [3.63, 3.8) is 0 Å². The van der Waals surface area contributed by atoms with E-state index in [0.29, 0.717) is 27.1 Å². The van der Waals surface area contributed by atoms with Gasteiger partial charge in [-0.3, -0.25) is 4.57 Å². The van der Waals surface area contributed by atoms with Gasteiger partial charge in [-0.15, -0.1) is 11.6 Å². The maximum absolute atomic E-state index is 14.3. The van der Waals surface area contributed by atoms with Crippen molar-refractivity contribution in [2.45, 2.75) is 12.3 Å². The minimum absolute atomic E-state index is 0.337. The Labute approximate surface area is 136 Å². The Morgan fingerprint density at radius 1 is 1.10 bits per heavy atom. The molecule has 3 rings (SSSR count). The van der Waals surface area contributed by atoms with Crippen LogP contribution in [0.15, 0.2) is 36.4 Å². The lowest BCUT2D eigenvalue weighted by Gasteiger charge is -2.11. The molecule has 6 heteroatoms. The van der Waals surface area contributed by atoms with Gasteiger partial charge in [0.25, 0.3) is 0 Å². The summed E-state index contributed by atoms with van der Waals surface area (Å²) in [5.74, 6) is 0.116. The third-order valence-corrected chi connectivity index (χ3v) is 3.81. The lowest BCUT2D eigenvalue weighted by atomic mass is 10.2. The molecule has 0 radical (unpaired) electrons. The maximum atomic E-state index is 14.3. The predicted molar refractivity (Wildman–Crippen MR) is 85.3 cm³/mol. The van der Waals surface area contributed by atoms with Gasteiger partial charge < -0.3 is 0 Å². The smallest absolute Gasteiger partial charge is 0.148 e. The number of hydrogen-bond donors (Lipinski definition) is 0. The summed E-state index contributed by atoms with van der Waals surface area (Å²) in [5, 5.41) is 0.521. The van der Waals surface area contributed by atoms with Crippen LogP contribution in [0.25, 0.3) is 16.7 Å². The Hall–Kier alpha value is -1.29. The first kappa shape index (κ1) is 14.6. The molecule has 1 atom stereocenters. The highest BCUT2D eigenvalue weighted by Crippen LogP contribution is 2.31. The van der Waals surface area contributed by atoms with Crippen LogP contribution in [0, 0.1) is 5.82 Å². The molecule has 1 heterocycles. The molecule has 2 aromatic carbocycles. The van der Waals surface area contributed by atoms with E-state index in [-0.39, 0.29) is 5.38 Å². The summed E-state index contributed by atoms with van der Waals surface area (Å²) >= 11 is 18.0. The predicted octanol–water partition coefficient (Wildman–Crippen LogP) is 5.77. The van der Waals surface area contributed by atoms with E-state index in [2.05, 4.69) is 4.98 Å². The molecular weight excluding hydrogens is 334 g/mol. The Bertz CT molecular complexity index is 827. The van der Waals surface area contributed by atoms with E-state index < -0.39 is 5.82 Å². The van der Waals surface area contributed by atoms with Crippen LogP contribution in [-0.2, 0) is 0 Å². The van der Waals surface area contributed by atoms with Crippen LogP contribution >= 0.6 is 34.8 Å². The standard InChI is InChI=1S/C15H10Cl3FN2/c1-8(16)15-20-12-7-10(18)3-5-14(12)21(15)13-4-2-9(17)6-11(13)19/h2-8H,1H3. The fourth-order valence-corrected chi connectivity index (χ4v) is 2.73. The molecule has 0 N–H and O–H groups in total. The summed E-state index contributed by atoms with van der Waals surface area (Å²) < 4.78 is 16.0. The second kappa shape index (κ2) is 5.48. The highest BCUT2D eigenvalue weighted by molar-refractivity contribution is 6.31. The van der Waals surface area contributed by atoms with Crippen molar-refractivity contribution in [3.05, 3.63) is 58.1 Å². The quantitative estimate of drug-likeness (QED) is 0.540. The molecule has 0 saturated heterocycles. The lowest BCUT2D eigenvalue weighted by molar-refractivity contribution is 0.616. The average Bonchev–Trinajstić information content (AvgIpc) is 2.77. The first-order chi connectivity index (χ1) is 9.97. The second-order valence-corrected chi connectivity index (χ2v) is 6.18. The van der Waals surface area contributed by atoms with Crippen LogP contribution in [0.4, 0.5) is 4.39 Å². The summed E-state index contributed by atoms with van der Waals surface area (Å²) in [6.45, 7) is 1.79. The van der Waals surface area contributed by atoms with Crippen LogP contribution in [0.5, 0.6) is 0 Å². The summed E-state index contributed by atoms with van der Waals surface area (Å²) in [6.07, 6.45) is 0. The Morgan fingerprint density at radius 2 is 1.76 bits per heavy atom. The van der Waals surface area contributed by atoms with Gasteiger partial charge in [0.2, 0.25) is 0 Å². The largest absolute Gasteiger partial charge is 0.292 e. The van der Waals surface area contributed by atoms with Crippen molar-refractivity contribution in [2.75, 3.05) is 0 Å². The van der Waals surface area contributed by atoms with Crippen molar-refractivity contribution in [3.8, 4) is 5.69 Å². The number of imidazole rings is 1. The minimum atomic E-state index is -0.435. The van der Waals surface area contributed by atoms with E-state index in [1.165, 1.54) is 6.07 Å². The summed E-state index contributed by atoms with van der Waals surface area (Å²) in [6, 6.07) is 9.76. The molecule has 0 spiro atoms. The molecule has 21 heavy (non-hydrogen) atoms. The molecule has 0 aliphatic rings. The fourth-order valence-electron chi connectivity index (χ4n) is 2.25. The monoisotopic (exact) mass is 342 g/mol. The van der Waals surface area contributed by atoms with Crippen LogP contribution < -0.4 is 0 Å². The highest BCUT2D eigenvalue weighted by atomic mass is 35.5.